The number of thioether (sulfide) groups is 1. The summed E-state index contributed by atoms with van der Waals surface area (Å²) in [5, 5.41) is 0. The number of furan rings is 1. The predicted octanol–water partition coefficient (Wildman–Crippen LogP) is 3.88. The van der Waals surface area contributed by atoms with Gasteiger partial charge in [-0.3, -0.25) is 4.79 Å². The number of rotatable bonds is 6. The Bertz CT molecular complexity index is 630. The van der Waals surface area contributed by atoms with Crippen LogP contribution in [0.25, 0.3) is 11.7 Å². The number of nitrogens with zero attached hydrogens (tertiary/aromatic N) is 2. The van der Waals surface area contributed by atoms with Crippen molar-refractivity contribution in [1.82, 2.24) is 9.88 Å². The Morgan fingerprint density at radius 2 is 2.17 bits per heavy atom. The van der Waals surface area contributed by atoms with Gasteiger partial charge in [0.05, 0.1) is 12.0 Å². The van der Waals surface area contributed by atoms with E-state index in [-0.39, 0.29) is 5.91 Å². The molecule has 0 aliphatic carbocycles. The molecule has 2 aromatic heterocycles. The Labute approximate surface area is 140 Å². The quantitative estimate of drug-likeness (QED) is 0.750. The molecule has 1 aliphatic rings. The smallest absolute Gasteiger partial charge is 0.263 e. The molecule has 5 nitrogen and oxygen atoms in total. The van der Waals surface area contributed by atoms with Crippen molar-refractivity contribution >= 4 is 17.7 Å². The molecule has 2 aromatic rings. The van der Waals surface area contributed by atoms with Crippen LogP contribution in [0.1, 0.15) is 37.1 Å². The first kappa shape index (κ1) is 16.2. The van der Waals surface area contributed by atoms with Crippen molar-refractivity contribution in [3.05, 3.63) is 29.9 Å². The van der Waals surface area contributed by atoms with Gasteiger partial charge in [0.2, 0.25) is 5.91 Å². The topological polar surface area (TPSA) is 59.5 Å². The van der Waals surface area contributed by atoms with Crippen LogP contribution in [-0.2, 0) is 10.5 Å². The fraction of sp³-hybridized carbons (Fsp3) is 0.529. The summed E-state index contributed by atoms with van der Waals surface area (Å²) < 4.78 is 10.9. The number of hydrogen-bond donors (Lipinski definition) is 0. The summed E-state index contributed by atoms with van der Waals surface area (Å²) in [6, 6.07) is 3.65. The van der Waals surface area contributed by atoms with Crippen LogP contribution in [0, 0.1) is 6.92 Å². The molecule has 1 saturated heterocycles. The van der Waals surface area contributed by atoms with Gasteiger partial charge in [-0.15, -0.1) is 0 Å². The monoisotopic (exact) mass is 334 g/mol. The summed E-state index contributed by atoms with van der Waals surface area (Å²) in [5.41, 5.74) is 0.923. The van der Waals surface area contributed by atoms with E-state index in [0.717, 1.165) is 48.9 Å². The molecule has 124 valence electrons. The largest absolute Gasteiger partial charge is 0.459 e. The van der Waals surface area contributed by atoms with Gasteiger partial charge in [0.1, 0.15) is 5.76 Å². The highest BCUT2D eigenvalue weighted by molar-refractivity contribution is 7.98. The van der Waals surface area contributed by atoms with Crippen LogP contribution in [0.4, 0.5) is 0 Å². The molecule has 0 aromatic carbocycles. The van der Waals surface area contributed by atoms with E-state index < -0.39 is 0 Å². The van der Waals surface area contributed by atoms with Crippen LogP contribution in [0.5, 0.6) is 0 Å². The van der Waals surface area contributed by atoms with Crippen LogP contribution in [0.2, 0.25) is 0 Å². The molecule has 3 rings (SSSR count). The van der Waals surface area contributed by atoms with Gasteiger partial charge < -0.3 is 13.7 Å². The van der Waals surface area contributed by atoms with Crippen molar-refractivity contribution in [3.63, 3.8) is 0 Å². The zero-order valence-electron chi connectivity index (χ0n) is 13.4. The molecule has 0 atom stereocenters. The highest BCUT2D eigenvalue weighted by atomic mass is 32.2. The van der Waals surface area contributed by atoms with E-state index in [4.69, 9.17) is 8.83 Å². The van der Waals surface area contributed by atoms with Crippen LogP contribution in [0.15, 0.2) is 27.2 Å². The zero-order valence-corrected chi connectivity index (χ0v) is 14.2. The molecular formula is C17H22N2O3S. The number of oxazole rings is 1. The predicted molar refractivity (Wildman–Crippen MR) is 90.2 cm³/mol. The normalized spacial score (nSPS) is 15.1. The fourth-order valence-electron chi connectivity index (χ4n) is 2.70. The molecule has 1 amide bonds. The van der Waals surface area contributed by atoms with Gasteiger partial charge in [0.25, 0.3) is 5.89 Å². The number of hydrogen-bond acceptors (Lipinski definition) is 5. The lowest BCUT2D eigenvalue weighted by Gasteiger charge is -2.26. The number of carbonyl (C=O) groups excluding carboxylic acids is 1. The van der Waals surface area contributed by atoms with Crippen molar-refractivity contribution in [1.29, 1.82) is 0 Å². The molecule has 3 heterocycles. The number of aryl methyl sites for hydroxylation is 1. The average molecular weight is 334 g/mol. The first-order chi connectivity index (χ1) is 11.2. The molecule has 0 radical (unpaired) electrons. The maximum atomic E-state index is 12.1. The first-order valence-corrected chi connectivity index (χ1v) is 9.25. The molecule has 1 fully saturated rings. The van der Waals surface area contributed by atoms with Crippen LogP contribution < -0.4 is 0 Å². The van der Waals surface area contributed by atoms with Gasteiger partial charge in [-0.2, -0.15) is 11.8 Å². The van der Waals surface area contributed by atoms with Gasteiger partial charge >= 0.3 is 0 Å². The van der Waals surface area contributed by atoms with Gasteiger partial charge in [-0.1, -0.05) is 0 Å². The van der Waals surface area contributed by atoms with E-state index in [9.17, 15) is 4.79 Å². The fourth-order valence-corrected chi connectivity index (χ4v) is 3.62. The summed E-state index contributed by atoms with van der Waals surface area (Å²) in [4.78, 5) is 18.6. The highest BCUT2D eigenvalue weighted by Gasteiger charge is 2.17. The maximum Gasteiger partial charge on any atom is 0.263 e. The lowest BCUT2D eigenvalue weighted by atomic mass is 10.1. The summed E-state index contributed by atoms with van der Waals surface area (Å²) in [6.07, 6.45) is 5.75. The summed E-state index contributed by atoms with van der Waals surface area (Å²) in [5.74, 6) is 3.83. The highest BCUT2D eigenvalue weighted by Crippen LogP contribution is 2.24. The van der Waals surface area contributed by atoms with E-state index in [1.54, 1.807) is 18.0 Å². The standard InChI is InChI=1S/C17H22N2O3S/c1-13-14(18-17(22-13)15-6-5-10-21-15)12-23-11-7-16(20)19-8-3-2-4-9-19/h5-6,10H,2-4,7-9,11-12H2,1H3. The lowest BCUT2D eigenvalue weighted by molar-refractivity contribution is -0.131. The van der Waals surface area contributed by atoms with E-state index >= 15 is 0 Å². The second-order valence-corrected chi connectivity index (χ2v) is 6.85. The summed E-state index contributed by atoms with van der Waals surface area (Å²) >= 11 is 1.72. The molecule has 0 spiro atoms. The number of likely N-dealkylation sites (tertiary alicyclic amines) is 1. The maximum absolute atomic E-state index is 12.1. The molecule has 0 unspecified atom stereocenters. The van der Waals surface area contributed by atoms with Crippen molar-refractivity contribution in [3.8, 4) is 11.7 Å². The van der Waals surface area contributed by atoms with Gasteiger partial charge in [0.15, 0.2) is 5.76 Å². The molecule has 0 saturated carbocycles. The van der Waals surface area contributed by atoms with E-state index in [1.807, 2.05) is 24.0 Å². The third-order valence-electron chi connectivity index (χ3n) is 4.03. The SMILES string of the molecule is Cc1oc(-c2ccco2)nc1CSCCC(=O)N1CCCCC1. The van der Waals surface area contributed by atoms with Gasteiger partial charge in [0, 0.05) is 31.0 Å². The molecule has 0 bridgehead atoms. The Morgan fingerprint density at radius 1 is 1.35 bits per heavy atom. The lowest BCUT2D eigenvalue weighted by Crippen LogP contribution is -2.35. The summed E-state index contributed by atoms with van der Waals surface area (Å²) in [6.45, 7) is 3.77. The van der Waals surface area contributed by atoms with Crippen molar-refractivity contribution in [2.75, 3.05) is 18.8 Å². The van der Waals surface area contributed by atoms with Crippen LogP contribution >= 0.6 is 11.8 Å². The number of piperidine rings is 1. The molecule has 23 heavy (non-hydrogen) atoms. The Kier molecular flexibility index (Phi) is 5.43. The van der Waals surface area contributed by atoms with Crippen LogP contribution in [0.3, 0.4) is 0 Å². The van der Waals surface area contributed by atoms with Gasteiger partial charge in [-0.05, 0) is 38.3 Å². The minimum Gasteiger partial charge on any atom is -0.459 e. The number of carbonyl (C=O) groups is 1. The second kappa shape index (κ2) is 7.73. The third-order valence-corrected chi connectivity index (χ3v) is 5.00. The van der Waals surface area contributed by atoms with Crippen molar-refractivity contribution < 1.29 is 13.6 Å². The van der Waals surface area contributed by atoms with Crippen molar-refractivity contribution in [2.24, 2.45) is 0 Å². The average Bonchev–Trinajstić information content (AvgIpc) is 3.22. The third kappa shape index (κ3) is 4.19. The second-order valence-electron chi connectivity index (χ2n) is 5.74. The minimum atomic E-state index is 0.283. The van der Waals surface area contributed by atoms with E-state index in [1.165, 1.54) is 6.42 Å². The van der Waals surface area contributed by atoms with Crippen LogP contribution in [-0.4, -0.2) is 34.6 Å². The molecule has 0 N–H and O–H groups in total. The van der Waals surface area contributed by atoms with E-state index in [2.05, 4.69) is 4.98 Å². The molecular weight excluding hydrogens is 312 g/mol. The molecule has 1 aliphatic heterocycles. The van der Waals surface area contributed by atoms with Crippen molar-refractivity contribution in [2.45, 2.75) is 38.4 Å². The Hall–Kier alpha value is -1.69. The van der Waals surface area contributed by atoms with E-state index in [0.29, 0.717) is 18.1 Å². The number of aromatic nitrogens is 1. The first-order valence-electron chi connectivity index (χ1n) is 8.10. The zero-order chi connectivity index (χ0) is 16.1. The molecule has 6 heteroatoms. The van der Waals surface area contributed by atoms with Gasteiger partial charge in [-0.25, -0.2) is 4.98 Å². The Morgan fingerprint density at radius 3 is 2.91 bits per heavy atom. The Balaban J connectivity index is 1.44. The number of amides is 1. The minimum absolute atomic E-state index is 0.283. The summed E-state index contributed by atoms with van der Waals surface area (Å²) in [7, 11) is 0.